The van der Waals surface area contributed by atoms with Crippen molar-refractivity contribution in [2.24, 2.45) is 0 Å². The quantitative estimate of drug-likeness (QED) is 0.804. The Hall–Kier alpha value is -1.87. The summed E-state index contributed by atoms with van der Waals surface area (Å²) in [6, 6.07) is 12.8. The van der Waals surface area contributed by atoms with Crippen LogP contribution in [0.3, 0.4) is 0 Å². The van der Waals surface area contributed by atoms with Crippen molar-refractivity contribution in [3.8, 4) is 5.75 Å². The predicted molar refractivity (Wildman–Crippen MR) is 86.5 cm³/mol. The molecular formula is C18H24N2O. The Labute approximate surface area is 127 Å². The van der Waals surface area contributed by atoms with Gasteiger partial charge in [0.15, 0.2) is 0 Å². The molecule has 21 heavy (non-hydrogen) atoms. The van der Waals surface area contributed by atoms with Gasteiger partial charge in [-0.3, -0.25) is 4.98 Å². The fourth-order valence-corrected chi connectivity index (χ4v) is 2.19. The molecule has 2 aromatic rings. The molecule has 1 heterocycles. The highest BCUT2D eigenvalue weighted by atomic mass is 16.5. The Balaban J connectivity index is 1.81. The molecule has 1 aromatic carbocycles. The number of hydrogen-bond acceptors (Lipinski definition) is 3. The number of benzene rings is 1. The summed E-state index contributed by atoms with van der Waals surface area (Å²) in [5.74, 6) is 0.900. The van der Waals surface area contributed by atoms with Gasteiger partial charge in [0.1, 0.15) is 12.4 Å². The second-order valence-corrected chi connectivity index (χ2v) is 5.35. The molecule has 1 aromatic heterocycles. The summed E-state index contributed by atoms with van der Waals surface area (Å²) < 4.78 is 5.76. The first-order valence-electron chi connectivity index (χ1n) is 7.62. The number of hydrogen-bond donors (Lipinski definition) is 1. The van der Waals surface area contributed by atoms with Gasteiger partial charge in [-0.15, -0.1) is 0 Å². The second kappa shape index (κ2) is 8.42. The molecule has 0 spiro atoms. The van der Waals surface area contributed by atoms with E-state index in [0.29, 0.717) is 12.6 Å². The normalized spacial score (nSPS) is 12.1. The first-order valence-corrected chi connectivity index (χ1v) is 7.62. The van der Waals surface area contributed by atoms with Crippen LogP contribution in [0.15, 0.2) is 48.8 Å². The highest BCUT2D eigenvalue weighted by Crippen LogP contribution is 2.15. The SMILES string of the molecule is CCCNC(C)Cc1ccc(OCc2cccnc2)cc1. The summed E-state index contributed by atoms with van der Waals surface area (Å²) in [4.78, 5) is 4.08. The summed E-state index contributed by atoms with van der Waals surface area (Å²) in [5.41, 5.74) is 2.42. The Morgan fingerprint density at radius 3 is 2.62 bits per heavy atom. The monoisotopic (exact) mass is 284 g/mol. The molecule has 0 bridgehead atoms. The van der Waals surface area contributed by atoms with E-state index >= 15 is 0 Å². The Kier molecular flexibility index (Phi) is 6.22. The van der Waals surface area contributed by atoms with Crippen LogP contribution in [0.2, 0.25) is 0 Å². The molecule has 0 aliphatic rings. The summed E-state index contributed by atoms with van der Waals surface area (Å²) in [6.45, 7) is 6.05. The molecule has 1 unspecified atom stereocenters. The lowest BCUT2D eigenvalue weighted by atomic mass is 10.1. The average molecular weight is 284 g/mol. The van der Waals surface area contributed by atoms with Crippen LogP contribution in [0, 0.1) is 0 Å². The predicted octanol–water partition coefficient (Wildman–Crippen LogP) is 3.59. The fraction of sp³-hybridized carbons (Fsp3) is 0.389. The summed E-state index contributed by atoms with van der Waals surface area (Å²) in [6.07, 6.45) is 5.82. The zero-order chi connectivity index (χ0) is 14.9. The topological polar surface area (TPSA) is 34.1 Å². The Morgan fingerprint density at radius 1 is 1.14 bits per heavy atom. The van der Waals surface area contributed by atoms with Crippen LogP contribution in [-0.4, -0.2) is 17.6 Å². The molecule has 1 N–H and O–H groups in total. The summed E-state index contributed by atoms with van der Waals surface area (Å²) in [5, 5.41) is 3.50. The minimum Gasteiger partial charge on any atom is -0.489 e. The largest absolute Gasteiger partial charge is 0.489 e. The van der Waals surface area contributed by atoms with E-state index in [1.54, 1.807) is 6.20 Å². The highest BCUT2D eigenvalue weighted by Gasteiger charge is 2.03. The maximum atomic E-state index is 5.76. The molecule has 0 saturated carbocycles. The first-order chi connectivity index (χ1) is 10.3. The molecule has 112 valence electrons. The molecule has 3 nitrogen and oxygen atoms in total. The third-order valence-corrected chi connectivity index (χ3v) is 3.34. The smallest absolute Gasteiger partial charge is 0.119 e. The lowest BCUT2D eigenvalue weighted by Gasteiger charge is -2.13. The van der Waals surface area contributed by atoms with E-state index in [9.17, 15) is 0 Å². The van der Waals surface area contributed by atoms with E-state index in [4.69, 9.17) is 4.74 Å². The molecule has 2 rings (SSSR count). The Bertz CT molecular complexity index is 511. The molecule has 1 atom stereocenters. The van der Waals surface area contributed by atoms with Crippen molar-refractivity contribution < 1.29 is 4.74 Å². The number of nitrogens with one attached hydrogen (secondary N) is 1. The maximum Gasteiger partial charge on any atom is 0.119 e. The minimum absolute atomic E-state index is 0.507. The van der Waals surface area contributed by atoms with Gasteiger partial charge in [0, 0.05) is 24.0 Å². The molecule has 0 radical (unpaired) electrons. The highest BCUT2D eigenvalue weighted by molar-refractivity contribution is 5.28. The molecule has 0 amide bonds. The number of ether oxygens (including phenoxy) is 1. The van der Waals surface area contributed by atoms with E-state index in [-0.39, 0.29) is 0 Å². The fourth-order valence-electron chi connectivity index (χ4n) is 2.19. The molecular weight excluding hydrogens is 260 g/mol. The van der Waals surface area contributed by atoms with Crippen molar-refractivity contribution >= 4 is 0 Å². The van der Waals surface area contributed by atoms with Gasteiger partial charge >= 0.3 is 0 Å². The van der Waals surface area contributed by atoms with Crippen LogP contribution in [0.5, 0.6) is 5.75 Å². The number of rotatable bonds is 8. The zero-order valence-corrected chi connectivity index (χ0v) is 12.9. The number of nitrogens with zero attached hydrogens (tertiary/aromatic N) is 1. The van der Waals surface area contributed by atoms with Gasteiger partial charge in [0.2, 0.25) is 0 Å². The number of pyridine rings is 1. The van der Waals surface area contributed by atoms with Gasteiger partial charge in [-0.05, 0) is 50.1 Å². The summed E-state index contributed by atoms with van der Waals surface area (Å²) in [7, 11) is 0. The lowest BCUT2D eigenvalue weighted by Crippen LogP contribution is -2.28. The van der Waals surface area contributed by atoms with Gasteiger partial charge in [0.25, 0.3) is 0 Å². The van der Waals surface area contributed by atoms with Crippen LogP contribution in [0.4, 0.5) is 0 Å². The molecule has 0 saturated heterocycles. The molecule has 0 aliphatic heterocycles. The first kappa shape index (κ1) is 15.5. The van der Waals surface area contributed by atoms with Crippen molar-refractivity contribution in [1.82, 2.24) is 10.3 Å². The van der Waals surface area contributed by atoms with Crippen molar-refractivity contribution in [3.63, 3.8) is 0 Å². The van der Waals surface area contributed by atoms with Crippen LogP contribution in [0.25, 0.3) is 0 Å². The second-order valence-electron chi connectivity index (χ2n) is 5.35. The van der Waals surface area contributed by atoms with Gasteiger partial charge in [-0.25, -0.2) is 0 Å². The third-order valence-electron chi connectivity index (χ3n) is 3.34. The van der Waals surface area contributed by atoms with E-state index in [0.717, 1.165) is 24.3 Å². The van der Waals surface area contributed by atoms with Crippen LogP contribution >= 0.6 is 0 Å². The number of aromatic nitrogens is 1. The zero-order valence-electron chi connectivity index (χ0n) is 12.9. The van der Waals surface area contributed by atoms with E-state index in [1.807, 2.05) is 30.5 Å². The van der Waals surface area contributed by atoms with Gasteiger partial charge < -0.3 is 10.1 Å². The van der Waals surface area contributed by atoms with E-state index in [1.165, 1.54) is 12.0 Å². The minimum atomic E-state index is 0.507. The lowest BCUT2D eigenvalue weighted by molar-refractivity contribution is 0.305. The molecule has 0 aliphatic carbocycles. The summed E-state index contributed by atoms with van der Waals surface area (Å²) >= 11 is 0. The molecule has 3 heteroatoms. The van der Waals surface area contributed by atoms with Gasteiger partial charge in [-0.2, -0.15) is 0 Å². The van der Waals surface area contributed by atoms with Crippen LogP contribution in [0.1, 0.15) is 31.4 Å². The van der Waals surface area contributed by atoms with Gasteiger partial charge in [-0.1, -0.05) is 25.1 Å². The van der Waals surface area contributed by atoms with E-state index in [2.05, 4.69) is 36.3 Å². The van der Waals surface area contributed by atoms with Crippen molar-refractivity contribution in [2.45, 2.75) is 39.3 Å². The van der Waals surface area contributed by atoms with Gasteiger partial charge in [0.05, 0.1) is 0 Å². The van der Waals surface area contributed by atoms with Crippen molar-refractivity contribution in [1.29, 1.82) is 0 Å². The van der Waals surface area contributed by atoms with Crippen molar-refractivity contribution in [3.05, 3.63) is 59.9 Å². The molecule has 0 fully saturated rings. The Morgan fingerprint density at radius 2 is 1.95 bits per heavy atom. The standard InChI is InChI=1S/C18H24N2O/c1-3-10-20-15(2)12-16-6-8-18(9-7-16)21-14-17-5-4-11-19-13-17/h4-9,11,13,15,20H,3,10,12,14H2,1-2H3. The van der Waals surface area contributed by atoms with Crippen LogP contribution < -0.4 is 10.1 Å². The average Bonchev–Trinajstić information content (AvgIpc) is 2.53. The van der Waals surface area contributed by atoms with Crippen molar-refractivity contribution in [2.75, 3.05) is 6.54 Å². The van der Waals surface area contributed by atoms with Crippen LogP contribution in [-0.2, 0) is 13.0 Å². The maximum absolute atomic E-state index is 5.76. The third kappa shape index (κ3) is 5.56. The van der Waals surface area contributed by atoms with E-state index < -0.39 is 0 Å².